The molecular weight excluding hydrogens is 248 g/mol. The average Bonchev–Trinajstić information content (AvgIpc) is 2.23. The number of halogens is 1. The highest BCUT2D eigenvalue weighted by atomic mass is 35.5. The molecule has 0 aliphatic rings. The van der Waals surface area contributed by atoms with Crippen molar-refractivity contribution in [2.24, 2.45) is 0 Å². The standard InChI is InChI=1S/C13H15ClN4/c1-8-4-11(6-12(14)17-8)7-15-13-5-9(2)16-10(3)18-13/h4-6H,7H2,1-3H3,(H,15,16,18). The van der Waals surface area contributed by atoms with E-state index in [-0.39, 0.29) is 0 Å². The molecule has 0 aliphatic heterocycles. The van der Waals surface area contributed by atoms with E-state index in [1.54, 1.807) is 0 Å². The number of aryl methyl sites for hydroxylation is 3. The normalized spacial score (nSPS) is 10.4. The van der Waals surface area contributed by atoms with E-state index >= 15 is 0 Å². The van der Waals surface area contributed by atoms with Crippen LogP contribution in [-0.4, -0.2) is 15.0 Å². The first kappa shape index (κ1) is 12.8. The second-order valence-corrected chi connectivity index (χ2v) is 4.62. The summed E-state index contributed by atoms with van der Waals surface area (Å²) in [6.45, 7) is 6.42. The number of nitrogens with zero attached hydrogens (tertiary/aromatic N) is 3. The molecule has 0 atom stereocenters. The Morgan fingerprint density at radius 1 is 1.00 bits per heavy atom. The van der Waals surface area contributed by atoms with E-state index in [1.807, 2.05) is 39.0 Å². The molecule has 2 aromatic rings. The van der Waals surface area contributed by atoms with Crippen LogP contribution in [0.3, 0.4) is 0 Å². The summed E-state index contributed by atoms with van der Waals surface area (Å²) < 4.78 is 0. The van der Waals surface area contributed by atoms with E-state index in [4.69, 9.17) is 11.6 Å². The quantitative estimate of drug-likeness (QED) is 0.864. The summed E-state index contributed by atoms with van der Waals surface area (Å²) in [6.07, 6.45) is 0. The van der Waals surface area contributed by atoms with Crippen molar-refractivity contribution >= 4 is 17.4 Å². The van der Waals surface area contributed by atoms with Gasteiger partial charge in [-0.25, -0.2) is 15.0 Å². The van der Waals surface area contributed by atoms with Crippen LogP contribution < -0.4 is 5.32 Å². The van der Waals surface area contributed by atoms with Gasteiger partial charge < -0.3 is 5.32 Å². The molecule has 1 N–H and O–H groups in total. The van der Waals surface area contributed by atoms with Gasteiger partial charge in [0.1, 0.15) is 16.8 Å². The van der Waals surface area contributed by atoms with Gasteiger partial charge in [0, 0.05) is 24.0 Å². The van der Waals surface area contributed by atoms with E-state index in [2.05, 4.69) is 20.3 Å². The molecule has 4 nitrogen and oxygen atoms in total. The number of aromatic nitrogens is 3. The highest BCUT2D eigenvalue weighted by Gasteiger charge is 2.01. The van der Waals surface area contributed by atoms with Crippen LogP contribution in [-0.2, 0) is 6.54 Å². The van der Waals surface area contributed by atoms with Crippen molar-refractivity contribution in [2.75, 3.05) is 5.32 Å². The first-order valence-electron chi connectivity index (χ1n) is 5.72. The fraction of sp³-hybridized carbons (Fsp3) is 0.308. The van der Waals surface area contributed by atoms with E-state index in [9.17, 15) is 0 Å². The Hall–Kier alpha value is -1.68. The maximum atomic E-state index is 5.92. The molecule has 94 valence electrons. The molecule has 2 rings (SSSR count). The first-order valence-corrected chi connectivity index (χ1v) is 6.10. The Balaban J connectivity index is 2.11. The van der Waals surface area contributed by atoms with Crippen LogP contribution in [0.15, 0.2) is 18.2 Å². The lowest BCUT2D eigenvalue weighted by Gasteiger charge is -2.08. The molecule has 5 heteroatoms. The third kappa shape index (κ3) is 3.40. The summed E-state index contributed by atoms with van der Waals surface area (Å²) >= 11 is 5.92. The van der Waals surface area contributed by atoms with Crippen LogP contribution in [0.4, 0.5) is 5.82 Å². The Morgan fingerprint density at radius 2 is 1.72 bits per heavy atom. The zero-order valence-electron chi connectivity index (χ0n) is 10.7. The fourth-order valence-electron chi connectivity index (χ4n) is 1.80. The molecule has 0 fully saturated rings. The van der Waals surface area contributed by atoms with Crippen LogP contribution in [0.25, 0.3) is 0 Å². The number of pyridine rings is 1. The molecule has 0 amide bonds. The molecule has 0 radical (unpaired) electrons. The number of hydrogen-bond acceptors (Lipinski definition) is 4. The van der Waals surface area contributed by atoms with E-state index in [0.29, 0.717) is 11.7 Å². The summed E-state index contributed by atoms with van der Waals surface area (Å²) in [5.41, 5.74) is 2.95. The molecule has 0 aromatic carbocycles. The molecular formula is C13H15ClN4. The van der Waals surface area contributed by atoms with E-state index in [1.165, 1.54) is 0 Å². The molecule has 18 heavy (non-hydrogen) atoms. The van der Waals surface area contributed by atoms with Gasteiger partial charge in [-0.05, 0) is 38.5 Å². The molecule has 0 saturated carbocycles. The fourth-order valence-corrected chi connectivity index (χ4v) is 2.07. The smallest absolute Gasteiger partial charge is 0.130 e. The first-order chi connectivity index (χ1) is 8.52. The van der Waals surface area contributed by atoms with Crippen molar-refractivity contribution in [1.29, 1.82) is 0 Å². The Morgan fingerprint density at radius 3 is 2.39 bits per heavy atom. The molecule has 2 aromatic heterocycles. The van der Waals surface area contributed by atoms with Crippen LogP contribution in [0.2, 0.25) is 5.15 Å². The van der Waals surface area contributed by atoms with Crippen molar-refractivity contribution in [3.63, 3.8) is 0 Å². The number of nitrogens with one attached hydrogen (secondary N) is 1. The van der Waals surface area contributed by atoms with Crippen molar-refractivity contribution in [2.45, 2.75) is 27.3 Å². The number of rotatable bonds is 3. The molecule has 2 heterocycles. The topological polar surface area (TPSA) is 50.7 Å². The van der Waals surface area contributed by atoms with Gasteiger partial charge in [0.05, 0.1) is 0 Å². The zero-order valence-corrected chi connectivity index (χ0v) is 11.4. The summed E-state index contributed by atoms with van der Waals surface area (Å²) in [4.78, 5) is 12.7. The van der Waals surface area contributed by atoms with Gasteiger partial charge >= 0.3 is 0 Å². The zero-order chi connectivity index (χ0) is 13.1. The lowest BCUT2D eigenvalue weighted by Crippen LogP contribution is -2.04. The Labute approximate surface area is 111 Å². The largest absolute Gasteiger partial charge is 0.366 e. The third-order valence-corrected chi connectivity index (χ3v) is 2.62. The second-order valence-electron chi connectivity index (χ2n) is 4.23. The molecule has 0 unspecified atom stereocenters. The lowest BCUT2D eigenvalue weighted by atomic mass is 10.2. The van der Waals surface area contributed by atoms with Crippen molar-refractivity contribution in [1.82, 2.24) is 15.0 Å². The van der Waals surface area contributed by atoms with Crippen LogP contribution in [0.5, 0.6) is 0 Å². The molecule has 0 saturated heterocycles. The summed E-state index contributed by atoms with van der Waals surface area (Å²) in [5, 5.41) is 3.78. The van der Waals surface area contributed by atoms with Gasteiger partial charge in [0.25, 0.3) is 0 Å². The van der Waals surface area contributed by atoms with Gasteiger partial charge in [-0.15, -0.1) is 0 Å². The van der Waals surface area contributed by atoms with Crippen molar-refractivity contribution in [3.8, 4) is 0 Å². The van der Waals surface area contributed by atoms with Gasteiger partial charge in [-0.1, -0.05) is 11.6 Å². The minimum Gasteiger partial charge on any atom is -0.366 e. The maximum Gasteiger partial charge on any atom is 0.130 e. The maximum absolute atomic E-state index is 5.92. The monoisotopic (exact) mass is 262 g/mol. The third-order valence-electron chi connectivity index (χ3n) is 2.42. The summed E-state index contributed by atoms with van der Waals surface area (Å²) in [7, 11) is 0. The van der Waals surface area contributed by atoms with Crippen LogP contribution in [0.1, 0.15) is 22.8 Å². The highest BCUT2D eigenvalue weighted by Crippen LogP contribution is 2.12. The van der Waals surface area contributed by atoms with Gasteiger partial charge in [-0.2, -0.15) is 0 Å². The van der Waals surface area contributed by atoms with Crippen LogP contribution in [0, 0.1) is 20.8 Å². The Kier molecular flexibility index (Phi) is 3.77. The van der Waals surface area contributed by atoms with Gasteiger partial charge in [0.15, 0.2) is 0 Å². The predicted molar refractivity (Wildman–Crippen MR) is 72.8 cm³/mol. The second kappa shape index (κ2) is 5.31. The van der Waals surface area contributed by atoms with E-state index in [0.717, 1.165) is 28.6 Å². The molecule has 0 bridgehead atoms. The SMILES string of the molecule is Cc1cc(CNc2cc(C)nc(C)n2)cc(Cl)n1. The predicted octanol–water partition coefficient (Wildman–Crippen LogP) is 3.06. The summed E-state index contributed by atoms with van der Waals surface area (Å²) in [5.74, 6) is 1.59. The highest BCUT2D eigenvalue weighted by molar-refractivity contribution is 6.29. The minimum atomic E-state index is 0.516. The summed E-state index contributed by atoms with van der Waals surface area (Å²) in [6, 6.07) is 5.77. The Bertz CT molecular complexity index is 477. The van der Waals surface area contributed by atoms with E-state index < -0.39 is 0 Å². The number of anilines is 1. The van der Waals surface area contributed by atoms with Gasteiger partial charge in [0.2, 0.25) is 0 Å². The van der Waals surface area contributed by atoms with Gasteiger partial charge in [-0.3, -0.25) is 0 Å². The molecule has 0 aliphatic carbocycles. The van der Waals surface area contributed by atoms with Crippen LogP contribution >= 0.6 is 11.6 Å². The van der Waals surface area contributed by atoms with Crippen molar-refractivity contribution in [3.05, 3.63) is 46.1 Å². The number of hydrogen-bond donors (Lipinski definition) is 1. The minimum absolute atomic E-state index is 0.516. The van der Waals surface area contributed by atoms with Crippen molar-refractivity contribution < 1.29 is 0 Å². The average molecular weight is 263 g/mol. The molecule has 0 spiro atoms. The lowest BCUT2D eigenvalue weighted by molar-refractivity contribution is 0.989.